The van der Waals surface area contributed by atoms with E-state index < -0.39 is 6.09 Å². The molecule has 0 saturated carbocycles. The van der Waals surface area contributed by atoms with Crippen molar-refractivity contribution in [3.8, 4) is 5.69 Å². The van der Waals surface area contributed by atoms with Crippen LogP contribution in [0.2, 0.25) is 0 Å². The first kappa shape index (κ1) is 17.2. The molecule has 1 aromatic heterocycles. The summed E-state index contributed by atoms with van der Waals surface area (Å²) in [6, 6.07) is 13.9. The summed E-state index contributed by atoms with van der Waals surface area (Å²) in [6.45, 7) is 1.97. The van der Waals surface area contributed by atoms with Gasteiger partial charge in [-0.2, -0.15) is 5.10 Å². The minimum absolute atomic E-state index is 0.220. The molecule has 0 aliphatic heterocycles. The van der Waals surface area contributed by atoms with E-state index >= 15 is 0 Å². The van der Waals surface area contributed by atoms with Gasteiger partial charge in [0.2, 0.25) is 0 Å². The molecular weight excluding hydrogens is 332 g/mol. The molecule has 2 N–H and O–H groups in total. The number of methoxy groups -OCH3 is 1. The largest absolute Gasteiger partial charge is 0.453 e. The second-order valence-electron chi connectivity index (χ2n) is 5.66. The summed E-state index contributed by atoms with van der Waals surface area (Å²) in [7, 11) is 1.29. The van der Waals surface area contributed by atoms with Gasteiger partial charge < -0.3 is 10.1 Å². The molecule has 0 radical (unpaired) electrons. The number of ether oxygens (including phenoxy) is 1. The lowest BCUT2D eigenvalue weighted by Gasteiger charge is -2.08. The molecule has 0 spiro atoms. The smallest absolute Gasteiger partial charge is 0.411 e. The Kier molecular flexibility index (Phi) is 4.98. The van der Waals surface area contributed by atoms with Gasteiger partial charge in [-0.3, -0.25) is 10.1 Å². The summed E-state index contributed by atoms with van der Waals surface area (Å²) in [6.07, 6.45) is 3.15. The second kappa shape index (κ2) is 7.52. The Bertz CT molecular complexity index is 915. The number of anilines is 2. The van der Waals surface area contributed by atoms with E-state index in [0.29, 0.717) is 16.9 Å². The number of nitrogens with zero attached hydrogens (tertiary/aromatic N) is 2. The highest BCUT2D eigenvalue weighted by Crippen LogP contribution is 2.16. The molecule has 0 unspecified atom stereocenters. The highest BCUT2D eigenvalue weighted by molar-refractivity contribution is 6.04. The van der Waals surface area contributed by atoms with Crippen LogP contribution >= 0.6 is 0 Å². The van der Waals surface area contributed by atoms with Crippen molar-refractivity contribution in [2.45, 2.75) is 6.92 Å². The predicted molar refractivity (Wildman–Crippen MR) is 98.7 cm³/mol. The Labute approximate surface area is 150 Å². The summed E-state index contributed by atoms with van der Waals surface area (Å²) in [5.74, 6) is -0.220. The van der Waals surface area contributed by atoms with E-state index in [1.165, 1.54) is 7.11 Å². The van der Waals surface area contributed by atoms with Crippen LogP contribution in [0.3, 0.4) is 0 Å². The lowest BCUT2D eigenvalue weighted by molar-refractivity contribution is 0.102. The number of hydrogen-bond donors (Lipinski definition) is 2. The summed E-state index contributed by atoms with van der Waals surface area (Å²) < 4.78 is 6.28. The van der Waals surface area contributed by atoms with Crippen LogP contribution in [0.15, 0.2) is 60.9 Å². The number of nitrogens with one attached hydrogen (secondary N) is 2. The molecule has 2 amide bonds. The number of rotatable bonds is 4. The van der Waals surface area contributed by atoms with Gasteiger partial charge in [0.15, 0.2) is 0 Å². The summed E-state index contributed by atoms with van der Waals surface area (Å²) >= 11 is 0. The molecular formula is C19H18N4O3. The molecule has 7 heteroatoms. The van der Waals surface area contributed by atoms with Gasteiger partial charge in [-0.05, 0) is 61.0 Å². The van der Waals surface area contributed by atoms with Gasteiger partial charge in [0.1, 0.15) is 0 Å². The molecule has 3 rings (SSSR count). The highest BCUT2D eigenvalue weighted by Gasteiger charge is 2.07. The molecule has 0 bridgehead atoms. The fourth-order valence-corrected chi connectivity index (χ4v) is 2.33. The number of hydrogen-bond acceptors (Lipinski definition) is 4. The molecule has 0 saturated heterocycles. The third kappa shape index (κ3) is 4.07. The minimum Gasteiger partial charge on any atom is -0.453 e. The third-order valence-corrected chi connectivity index (χ3v) is 3.68. The Morgan fingerprint density at radius 3 is 2.12 bits per heavy atom. The fraction of sp³-hybridized carbons (Fsp3) is 0.105. The summed E-state index contributed by atoms with van der Waals surface area (Å²) in [4.78, 5) is 23.5. The van der Waals surface area contributed by atoms with E-state index in [-0.39, 0.29) is 5.91 Å². The maximum absolute atomic E-state index is 12.4. The Morgan fingerprint density at radius 2 is 1.58 bits per heavy atom. The lowest BCUT2D eigenvalue weighted by Crippen LogP contribution is -2.13. The van der Waals surface area contributed by atoms with Gasteiger partial charge in [-0.15, -0.1) is 0 Å². The molecule has 0 atom stereocenters. The molecule has 2 aromatic carbocycles. The van der Waals surface area contributed by atoms with E-state index in [0.717, 1.165) is 11.3 Å². The zero-order chi connectivity index (χ0) is 18.5. The number of aromatic nitrogens is 2. The molecule has 3 aromatic rings. The predicted octanol–water partition coefficient (Wildman–Crippen LogP) is 3.61. The minimum atomic E-state index is -0.547. The van der Waals surface area contributed by atoms with Crippen LogP contribution in [0.25, 0.3) is 5.69 Å². The van der Waals surface area contributed by atoms with E-state index in [1.54, 1.807) is 47.3 Å². The average molecular weight is 350 g/mol. The number of carbonyl (C=O) groups is 2. The Morgan fingerprint density at radius 1 is 0.962 bits per heavy atom. The monoisotopic (exact) mass is 350 g/mol. The van der Waals surface area contributed by atoms with Crippen molar-refractivity contribution in [3.05, 3.63) is 72.1 Å². The topological polar surface area (TPSA) is 85.3 Å². The lowest BCUT2D eigenvalue weighted by atomic mass is 10.2. The van der Waals surface area contributed by atoms with Gasteiger partial charge in [0.25, 0.3) is 5.91 Å². The number of benzene rings is 2. The normalized spacial score (nSPS) is 10.2. The second-order valence-corrected chi connectivity index (χ2v) is 5.66. The van der Waals surface area contributed by atoms with Gasteiger partial charge in [-0.1, -0.05) is 0 Å². The number of aryl methyl sites for hydroxylation is 1. The van der Waals surface area contributed by atoms with Crippen LogP contribution in [0.1, 0.15) is 15.9 Å². The summed E-state index contributed by atoms with van der Waals surface area (Å²) in [5, 5.41) is 9.60. The molecule has 1 heterocycles. The van der Waals surface area contributed by atoms with E-state index in [9.17, 15) is 9.59 Å². The van der Waals surface area contributed by atoms with Gasteiger partial charge in [-0.25, -0.2) is 9.48 Å². The Balaban J connectivity index is 1.65. The van der Waals surface area contributed by atoms with E-state index in [1.807, 2.05) is 25.3 Å². The van der Waals surface area contributed by atoms with Crippen molar-refractivity contribution < 1.29 is 14.3 Å². The zero-order valence-electron chi connectivity index (χ0n) is 14.4. The van der Waals surface area contributed by atoms with Crippen LogP contribution in [-0.2, 0) is 4.74 Å². The van der Waals surface area contributed by atoms with Gasteiger partial charge in [0.05, 0.1) is 19.0 Å². The van der Waals surface area contributed by atoms with Crippen LogP contribution in [0.5, 0.6) is 0 Å². The first-order valence-corrected chi connectivity index (χ1v) is 7.93. The van der Waals surface area contributed by atoms with Crippen LogP contribution in [0.4, 0.5) is 16.2 Å². The highest BCUT2D eigenvalue weighted by atomic mass is 16.5. The third-order valence-electron chi connectivity index (χ3n) is 3.68. The molecule has 0 aliphatic rings. The molecule has 7 nitrogen and oxygen atoms in total. The maximum atomic E-state index is 12.4. The Hall–Kier alpha value is -3.61. The zero-order valence-corrected chi connectivity index (χ0v) is 14.4. The summed E-state index contributed by atoms with van der Waals surface area (Å²) in [5.41, 5.74) is 3.69. The standard InChI is InChI=1S/C19H18N4O3/c1-13-11-20-23(12-13)17-9-3-14(4-10-17)18(24)21-15-5-7-16(8-6-15)22-19(25)26-2/h3-12H,1-2H3,(H,21,24)(H,22,25). The first-order chi connectivity index (χ1) is 12.5. The van der Waals surface area contributed by atoms with Crippen molar-refractivity contribution in [3.63, 3.8) is 0 Å². The molecule has 0 aliphatic carbocycles. The quantitative estimate of drug-likeness (QED) is 0.753. The van der Waals surface area contributed by atoms with Crippen molar-refractivity contribution >= 4 is 23.4 Å². The fourth-order valence-electron chi connectivity index (χ4n) is 2.33. The molecule has 132 valence electrons. The SMILES string of the molecule is COC(=O)Nc1ccc(NC(=O)c2ccc(-n3cc(C)cn3)cc2)cc1. The van der Waals surface area contributed by atoms with Gasteiger partial charge >= 0.3 is 6.09 Å². The first-order valence-electron chi connectivity index (χ1n) is 7.93. The molecule has 26 heavy (non-hydrogen) atoms. The number of carbonyl (C=O) groups excluding carboxylic acids is 2. The van der Waals surface area contributed by atoms with Crippen LogP contribution < -0.4 is 10.6 Å². The number of amides is 2. The van der Waals surface area contributed by atoms with Crippen molar-refractivity contribution in [1.82, 2.24) is 9.78 Å². The van der Waals surface area contributed by atoms with E-state index in [2.05, 4.69) is 20.5 Å². The molecule has 0 fully saturated rings. The van der Waals surface area contributed by atoms with Gasteiger partial charge in [0, 0.05) is 23.1 Å². The maximum Gasteiger partial charge on any atom is 0.411 e. The van der Waals surface area contributed by atoms with Crippen molar-refractivity contribution in [2.75, 3.05) is 17.7 Å². The van der Waals surface area contributed by atoms with Crippen LogP contribution in [0, 0.1) is 6.92 Å². The van der Waals surface area contributed by atoms with Crippen molar-refractivity contribution in [1.29, 1.82) is 0 Å². The van der Waals surface area contributed by atoms with Crippen LogP contribution in [-0.4, -0.2) is 28.9 Å². The van der Waals surface area contributed by atoms with Crippen molar-refractivity contribution in [2.24, 2.45) is 0 Å². The average Bonchev–Trinajstić information content (AvgIpc) is 3.09. The van der Waals surface area contributed by atoms with E-state index in [4.69, 9.17) is 0 Å².